The molecule has 0 rings (SSSR count). The zero-order chi connectivity index (χ0) is 11.4. The van der Waals surface area contributed by atoms with Gasteiger partial charge in [0.25, 0.3) is 0 Å². The minimum atomic E-state index is 0.711. The van der Waals surface area contributed by atoms with Crippen molar-refractivity contribution in [2.75, 3.05) is 13.2 Å². The van der Waals surface area contributed by atoms with Crippen molar-refractivity contribution in [3.05, 3.63) is 36.3 Å². The molecule has 0 aromatic rings. The van der Waals surface area contributed by atoms with Gasteiger partial charge in [0.05, 0.1) is 25.7 Å². The molecule has 0 aliphatic heterocycles. The summed E-state index contributed by atoms with van der Waals surface area (Å²) in [5.41, 5.74) is 1.25. The van der Waals surface area contributed by atoms with Crippen molar-refractivity contribution in [2.45, 2.75) is 33.6 Å². The van der Waals surface area contributed by atoms with Crippen molar-refractivity contribution < 1.29 is 9.47 Å². The van der Waals surface area contributed by atoms with E-state index in [1.54, 1.807) is 12.5 Å². The number of hydrogen-bond acceptors (Lipinski definition) is 2. The van der Waals surface area contributed by atoms with Crippen LogP contribution in [0.25, 0.3) is 0 Å². The third-order valence-electron chi connectivity index (χ3n) is 1.74. The Kier molecular flexibility index (Phi) is 10.0. The Morgan fingerprint density at radius 3 is 2.27 bits per heavy atom. The summed E-state index contributed by atoms with van der Waals surface area (Å²) in [4.78, 5) is 0. The normalized spacial score (nSPS) is 12.6. The first-order chi connectivity index (χ1) is 7.35. The molecule has 0 radical (unpaired) electrons. The van der Waals surface area contributed by atoms with Crippen LogP contribution in [0.3, 0.4) is 0 Å². The van der Waals surface area contributed by atoms with E-state index in [0.29, 0.717) is 13.2 Å². The van der Waals surface area contributed by atoms with Gasteiger partial charge in [0.1, 0.15) is 0 Å². The van der Waals surface area contributed by atoms with Crippen LogP contribution in [0.1, 0.15) is 33.6 Å². The van der Waals surface area contributed by atoms with Gasteiger partial charge in [-0.2, -0.15) is 0 Å². The van der Waals surface area contributed by atoms with Gasteiger partial charge in [-0.25, -0.2) is 0 Å². The van der Waals surface area contributed by atoms with Gasteiger partial charge in [-0.15, -0.1) is 0 Å². The second kappa shape index (κ2) is 10.9. The summed E-state index contributed by atoms with van der Waals surface area (Å²) in [6.45, 7) is 7.53. The Hall–Kier alpha value is -1.18. The molecule has 0 aliphatic rings. The summed E-state index contributed by atoms with van der Waals surface area (Å²) in [5.74, 6) is 0. The molecule has 0 bridgehead atoms. The highest BCUT2D eigenvalue weighted by atomic mass is 16.5. The first-order valence-corrected chi connectivity index (χ1v) is 5.60. The van der Waals surface area contributed by atoms with Crippen LogP contribution in [0, 0.1) is 0 Å². The first-order valence-electron chi connectivity index (χ1n) is 5.60. The molecule has 0 aromatic heterocycles. The largest absolute Gasteiger partial charge is 0.501 e. The van der Waals surface area contributed by atoms with Crippen molar-refractivity contribution in [3.8, 4) is 0 Å². The smallest absolute Gasteiger partial charge is 0.0845 e. The van der Waals surface area contributed by atoms with E-state index in [1.165, 1.54) is 5.57 Å². The van der Waals surface area contributed by atoms with Crippen LogP contribution in [-0.4, -0.2) is 13.2 Å². The van der Waals surface area contributed by atoms with E-state index in [9.17, 15) is 0 Å². The van der Waals surface area contributed by atoms with Crippen LogP contribution < -0.4 is 0 Å². The lowest BCUT2D eigenvalue weighted by molar-refractivity contribution is 0.268. The zero-order valence-corrected chi connectivity index (χ0v) is 10.0. The first kappa shape index (κ1) is 13.8. The van der Waals surface area contributed by atoms with Gasteiger partial charge >= 0.3 is 0 Å². The topological polar surface area (TPSA) is 18.5 Å². The fraction of sp³-hybridized carbons (Fsp3) is 0.538. The van der Waals surface area contributed by atoms with Crippen molar-refractivity contribution in [2.24, 2.45) is 0 Å². The summed E-state index contributed by atoms with van der Waals surface area (Å²) in [5, 5.41) is 0. The molecule has 0 saturated heterocycles. The van der Waals surface area contributed by atoms with Crippen LogP contribution in [0.2, 0.25) is 0 Å². The van der Waals surface area contributed by atoms with Gasteiger partial charge in [0, 0.05) is 0 Å². The maximum atomic E-state index is 5.16. The third kappa shape index (κ3) is 9.13. The van der Waals surface area contributed by atoms with Crippen LogP contribution >= 0.6 is 0 Å². The maximum Gasteiger partial charge on any atom is 0.0845 e. The Bertz CT molecular complexity index is 215. The molecule has 2 heteroatoms. The highest BCUT2D eigenvalue weighted by molar-refractivity contribution is 5.22. The molecule has 15 heavy (non-hydrogen) atoms. The maximum absolute atomic E-state index is 5.16. The van der Waals surface area contributed by atoms with Crippen LogP contribution in [0.15, 0.2) is 36.3 Å². The highest BCUT2D eigenvalue weighted by Gasteiger charge is 1.88. The molecule has 0 aliphatic carbocycles. The van der Waals surface area contributed by atoms with E-state index in [1.807, 2.05) is 26.0 Å². The highest BCUT2D eigenvalue weighted by Crippen LogP contribution is 2.07. The second-order valence-corrected chi connectivity index (χ2v) is 3.03. The van der Waals surface area contributed by atoms with E-state index in [-0.39, 0.29) is 0 Å². The van der Waals surface area contributed by atoms with E-state index in [4.69, 9.17) is 9.47 Å². The van der Waals surface area contributed by atoms with Crippen molar-refractivity contribution in [3.63, 3.8) is 0 Å². The van der Waals surface area contributed by atoms with E-state index >= 15 is 0 Å². The van der Waals surface area contributed by atoms with Crippen molar-refractivity contribution >= 4 is 0 Å². The number of hydrogen-bond donors (Lipinski definition) is 0. The Balaban J connectivity index is 4.11. The molecule has 0 atom stereocenters. The molecule has 0 fully saturated rings. The van der Waals surface area contributed by atoms with Gasteiger partial charge in [-0.1, -0.05) is 19.4 Å². The molecular weight excluding hydrogens is 188 g/mol. The van der Waals surface area contributed by atoms with Gasteiger partial charge in [0.15, 0.2) is 0 Å². The molecule has 86 valence electrons. The van der Waals surface area contributed by atoms with Crippen molar-refractivity contribution in [1.82, 2.24) is 0 Å². The number of rotatable bonds is 8. The standard InChI is InChI=1S/C13H22O2/c1-4-8-13(10-12-15-6-3)9-7-11-14-5-2/h7,9-12H,4-6,8H2,1-3H3/b11-7+,12-10+,13-9-. The van der Waals surface area contributed by atoms with Crippen molar-refractivity contribution in [1.29, 1.82) is 0 Å². The third-order valence-corrected chi connectivity index (χ3v) is 1.74. The zero-order valence-electron chi connectivity index (χ0n) is 10.0. The lowest BCUT2D eigenvalue weighted by Gasteiger charge is -1.98. The number of ether oxygens (including phenoxy) is 2. The summed E-state index contributed by atoms with van der Waals surface area (Å²) < 4.78 is 10.3. The molecule has 0 saturated carbocycles. The van der Waals surface area contributed by atoms with E-state index in [2.05, 4.69) is 13.0 Å². The molecule has 0 unspecified atom stereocenters. The van der Waals surface area contributed by atoms with Gasteiger partial charge in [-0.05, 0) is 38.0 Å². The Labute approximate surface area is 93.3 Å². The van der Waals surface area contributed by atoms with E-state index in [0.717, 1.165) is 12.8 Å². The molecule has 2 nitrogen and oxygen atoms in total. The summed E-state index contributed by atoms with van der Waals surface area (Å²) >= 11 is 0. The van der Waals surface area contributed by atoms with Gasteiger partial charge < -0.3 is 9.47 Å². The fourth-order valence-corrected chi connectivity index (χ4v) is 1.06. The second-order valence-electron chi connectivity index (χ2n) is 3.03. The minimum Gasteiger partial charge on any atom is -0.501 e. The quantitative estimate of drug-likeness (QED) is 0.448. The van der Waals surface area contributed by atoms with Crippen LogP contribution in [0.5, 0.6) is 0 Å². The fourth-order valence-electron chi connectivity index (χ4n) is 1.06. The molecule has 0 heterocycles. The lowest BCUT2D eigenvalue weighted by atomic mass is 10.1. The van der Waals surface area contributed by atoms with Crippen LogP contribution in [-0.2, 0) is 9.47 Å². The van der Waals surface area contributed by atoms with Crippen LogP contribution in [0.4, 0.5) is 0 Å². The molecule has 0 amide bonds. The van der Waals surface area contributed by atoms with E-state index < -0.39 is 0 Å². The lowest BCUT2D eigenvalue weighted by Crippen LogP contribution is -1.81. The van der Waals surface area contributed by atoms with Gasteiger partial charge in [0.2, 0.25) is 0 Å². The molecule has 0 spiro atoms. The average Bonchev–Trinajstić information content (AvgIpc) is 2.24. The molecule has 0 aromatic carbocycles. The Morgan fingerprint density at radius 1 is 1.00 bits per heavy atom. The molecular formula is C13H22O2. The van der Waals surface area contributed by atoms with Gasteiger partial charge in [-0.3, -0.25) is 0 Å². The average molecular weight is 210 g/mol. The summed E-state index contributed by atoms with van der Waals surface area (Å²) in [7, 11) is 0. The number of allylic oxidation sites excluding steroid dienone is 4. The summed E-state index contributed by atoms with van der Waals surface area (Å²) in [6, 6.07) is 0. The minimum absolute atomic E-state index is 0.711. The monoisotopic (exact) mass is 210 g/mol. The predicted octanol–water partition coefficient (Wildman–Crippen LogP) is 3.81. The predicted molar refractivity (Wildman–Crippen MR) is 64.5 cm³/mol. The summed E-state index contributed by atoms with van der Waals surface area (Å²) in [6.07, 6.45) is 11.6. The Morgan fingerprint density at radius 2 is 1.67 bits per heavy atom. The SMILES string of the molecule is CCCC(=C/C=C/OCC)/C=C/OCC. The molecule has 0 N–H and O–H groups in total.